The first-order valence-electron chi connectivity index (χ1n) is 3.89. The predicted molar refractivity (Wildman–Crippen MR) is 52.6 cm³/mol. The summed E-state index contributed by atoms with van der Waals surface area (Å²) in [5.41, 5.74) is 1.44. The van der Waals surface area contributed by atoms with Gasteiger partial charge in [-0.25, -0.2) is 0 Å². The van der Waals surface area contributed by atoms with E-state index < -0.39 is 0 Å². The summed E-state index contributed by atoms with van der Waals surface area (Å²) in [4.78, 5) is 0. The van der Waals surface area contributed by atoms with E-state index in [1.807, 2.05) is 12.1 Å². The van der Waals surface area contributed by atoms with Crippen molar-refractivity contribution >= 4 is 7.92 Å². The van der Waals surface area contributed by atoms with Crippen LogP contribution in [0.25, 0.3) is 0 Å². The third-order valence-electron chi connectivity index (χ3n) is 1.63. The summed E-state index contributed by atoms with van der Waals surface area (Å²) in [6, 6.07) is 11.3. The van der Waals surface area contributed by atoms with E-state index in [0.29, 0.717) is 0 Å². The Morgan fingerprint density at radius 1 is 1.27 bits per heavy atom. The highest BCUT2D eigenvalue weighted by atomic mass is 31.1. The fraction of sp³-hybridized carbons (Fsp3) is 0.400. The molecular formula is C10H14P. The second kappa shape index (κ2) is 4.51. The molecule has 0 N–H and O–H groups in total. The van der Waals surface area contributed by atoms with Crippen molar-refractivity contribution in [2.45, 2.75) is 6.42 Å². The maximum absolute atomic E-state index is 3.03. The van der Waals surface area contributed by atoms with Crippen molar-refractivity contribution in [3.8, 4) is 0 Å². The Morgan fingerprint density at radius 3 is 2.45 bits per heavy atom. The Hall–Kier alpha value is -0.350. The molecule has 0 amide bonds. The Morgan fingerprint density at radius 2 is 1.91 bits per heavy atom. The van der Waals surface area contributed by atoms with E-state index in [1.165, 1.54) is 18.1 Å². The van der Waals surface area contributed by atoms with Crippen LogP contribution in [0.15, 0.2) is 24.3 Å². The van der Waals surface area contributed by atoms with Gasteiger partial charge in [-0.15, -0.1) is 7.92 Å². The van der Waals surface area contributed by atoms with Crippen molar-refractivity contribution < 1.29 is 0 Å². The molecule has 0 saturated heterocycles. The third-order valence-corrected chi connectivity index (χ3v) is 2.75. The van der Waals surface area contributed by atoms with E-state index >= 15 is 0 Å². The van der Waals surface area contributed by atoms with E-state index in [-0.39, 0.29) is 7.92 Å². The molecule has 0 atom stereocenters. The van der Waals surface area contributed by atoms with Gasteiger partial charge in [-0.1, -0.05) is 24.3 Å². The zero-order chi connectivity index (χ0) is 8.10. The van der Waals surface area contributed by atoms with Crippen LogP contribution in [0.1, 0.15) is 5.56 Å². The zero-order valence-electron chi connectivity index (χ0n) is 7.17. The van der Waals surface area contributed by atoms with Gasteiger partial charge in [0.1, 0.15) is 0 Å². The SMILES string of the molecule is CP(C)CCc1cc[c]cc1. The van der Waals surface area contributed by atoms with E-state index in [4.69, 9.17) is 0 Å². The second-order valence-corrected chi connectivity index (χ2v) is 5.57. The molecule has 0 spiro atoms. The Labute approximate surface area is 70.4 Å². The summed E-state index contributed by atoms with van der Waals surface area (Å²) >= 11 is 0. The first-order chi connectivity index (χ1) is 5.29. The summed E-state index contributed by atoms with van der Waals surface area (Å²) in [6.07, 6.45) is 2.58. The van der Waals surface area contributed by atoms with Gasteiger partial charge in [0, 0.05) is 0 Å². The predicted octanol–water partition coefficient (Wildman–Crippen LogP) is 2.77. The number of hydrogen-bond acceptors (Lipinski definition) is 0. The molecule has 59 valence electrons. The molecule has 1 radical (unpaired) electrons. The highest BCUT2D eigenvalue weighted by Gasteiger charge is 1.93. The Kier molecular flexibility index (Phi) is 3.59. The molecule has 1 aromatic rings. The minimum absolute atomic E-state index is 0.266. The van der Waals surface area contributed by atoms with Crippen LogP contribution in [-0.4, -0.2) is 19.5 Å². The molecule has 0 unspecified atom stereocenters. The number of rotatable bonds is 3. The normalized spacial score (nSPS) is 10.5. The van der Waals surface area contributed by atoms with Crippen LogP contribution >= 0.6 is 7.92 Å². The maximum Gasteiger partial charge on any atom is -0.0184 e. The summed E-state index contributed by atoms with van der Waals surface area (Å²) in [7, 11) is 0.266. The van der Waals surface area contributed by atoms with Crippen LogP contribution in [0.2, 0.25) is 0 Å². The Balaban J connectivity index is 2.39. The highest BCUT2D eigenvalue weighted by molar-refractivity contribution is 7.55. The molecule has 11 heavy (non-hydrogen) atoms. The molecule has 0 aliphatic rings. The molecule has 0 aromatic heterocycles. The zero-order valence-corrected chi connectivity index (χ0v) is 8.07. The van der Waals surface area contributed by atoms with Gasteiger partial charge in [-0.05, 0) is 37.5 Å². The molecular weight excluding hydrogens is 151 g/mol. The third kappa shape index (κ3) is 3.53. The summed E-state index contributed by atoms with van der Waals surface area (Å²) in [6.45, 7) is 4.65. The van der Waals surface area contributed by atoms with Crippen molar-refractivity contribution in [1.29, 1.82) is 0 Å². The molecule has 1 heteroatoms. The quantitative estimate of drug-likeness (QED) is 0.604. The van der Waals surface area contributed by atoms with Crippen molar-refractivity contribution in [3.05, 3.63) is 35.9 Å². The van der Waals surface area contributed by atoms with E-state index in [2.05, 4.69) is 31.5 Å². The molecule has 0 saturated carbocycles. The van der Waals surface area contributed by atoms with Crippen LogP contribution in [0.3, 0.4) is 0 Å². The number of hydrogen-bond donors (Lipinski definition) is 0. The van der Waals surface area contributed by atoms with E-state index in [9.17, 15) is 0 Å². The fourth-order valence-corrected chi connectivity index (χ4v) is 1.65. The van der Waals surface area contributed by atoms with E-state index in [0.717, 1.165) is 0 Å². The Bertz CT molecular complexity index is 191. The smallest absolute Gasteiger partial charge is 0.0184 e. The lowest BCUT2D eigenvalue weighted by Gasteiger charge is -2.03. The summed E-state index contributed by atoms with van der Waals surface area (Å²) in [5, 5.41) is 0. The van der Waals surface area contributed by atoms with Crippen LogP contribution in [0.4, 0.5) is 0 Å². The standard InChI is InChI=1S/C10H14P/c1-11(2)9-8-10-6-4-3-5-7-10/h4-7H,8-9H2,1-2H3. The topological polar surface area (TPSA) is 0 Å². The minimum Gasteiger partial charge on any atom is -0.113 e. The van der Waals surface area contributed by atoms with Crippen LogP contribution in [0, 0.1) is 6.07 Å². The van der Waals surface area contributed by atoms with Gasteiger partial charge in [0.25, 0.3) is 0 Å². The highest BCUT2D eigenvalue weighted by Crippen LogP contribution is 2.24. The lowest BCUT2D eigenvalue weighted by atomic mass is 10.2. The van der Waals surface area contributed by atoms with Crippen molar-refractivity contribution in [1.82, 2.24) is 0 Å². The summed E-state index contributed by atoms with van der Waals surface area (Å²) in [5.74, 6) is 0. The largest absolute Gasteiger partial charge is 0.113 e. The van der Waals surface area contributed by atoms with Gasteiger partial charge in [-0.2, -0.15) is 0 Å². The number of aryl methyl sites for hydroxylation is 1. The molecule has 0 heterocycles. The molecule has 0 aliphatic carbocycles. The molecule has 0 aliphatic heterocycles. The lowest BCUT2D eigenvalue weighted by Crippen LogP contribution is -1.88. The second-order valence-electron chi connectivity index (χ2n) is 2.96. The lowest BCUT2D eigenvalue weighted by molar-refractivity contribution is 1.15. The van der Waals surface area contributed by atoms with Gasteiger partial charge in [0.2, 0.25) is 0 Å². The van der Waals surface area contributed by atoms with Gasteiger partial charge in [0.15, 0.2) is 0 Å². The van der Waals surface area contributed by atoms with Crippen LogP contribution in [-0.2, 0) is 6.42 Å². The van der Waals surface area contributed by atoms with E-state index in [1.54, 1.807) is 0 Å². The molecule has 1 aromatic carbocycles. The van der Waals surface area contributed by atoms with Gasteiger partial charge >= 0.3 is 0 Å². The summed E-state index contributed by atoms with van der Waals surface area (Å²) < 4.78 is 0. The molecule has 0 fully saturated rings. The maximum atomic E-state index is 3.03. The van der Waals surface area contributed by atoms with Gasteiger partial charge in [-0.3, -0.25) is 0 Å². The minimum atomic E-state index is 0.266. The first kappa shape index (κ1) is 8.74. The monoisotopic (exact) mass is 165 g/mol. The molecule has 1 rings (SSSR count). The van der Waals surface area contributed by atoms with Crippen LogP contribution in [0.5, 0.6) is 0 Å². The molecule has 0 nitrogen and oxygen atoms in total. The average molecular weight is 165 g/mol. The van der Waals surface area contributed by atoms with Crippen molar-refractivity contribution in [3.63, 3.8) is 0 Å². The number of benzene rings is 1. The fourth-order valence-electron chi connectivity index (χ4n) is 0.941. The first-order valence-corrected chi connectivity index (χ1v) is 6.31. The van der Waals surface area contributed by atoms with Crippen LogP contribution < -0.4 is 0 Å². The molecule has 0 bridgehead atoms. The average Bonchev–Trinajstić information content (AvgIpc) is 2.03. The van der Waals surface area contributed by atoms with Crippen molar-refractivity contribution in [2.75, 3.05) is 19.5 Å². The van der Waals surface area contributed by atoms with Gasteiger partial charge < -0.3 is 0 Å². The van der Waals surface area contributed by atoms with Gasteiger partial charge in [0.05, 0.1) is 0 Å². The van der Waals surface area contributed by atoms with Crippen molar-refractivity contribution in [2.24, 2.45) is 0 Å².